The minimum atomic E-state index is -5.99. The van der Waals surface area contributed by atoms with E-state index in [-0.39, 0.29) is 23.5 Å². The van der Waals surface area contributed by atoms with E-state index in [2.05, 4.69) is 4.74 Å². The molecule has 1 N–H and O–H groups in total. The van der Waals surface area contributed by atoms with E-state index in [4.69, 9.17) is 18.8 Å². The maximum Gasteiger partial charge on any atom is 0.465 e. The predicted octanol–water partition coefficient (Wildman–Crippen LogP) is 2.15. The predicted molar refractivity (Wildman–Crippen MR) is 100 cm³/mol. The van der Waals surface area contributed by atoms with Gasteiger partial charge >= 0.3 is 27.3 Å². The fraction of sp³-hybridized carbons (Fsp3) is 0.895. The van der Waals surface area contributed by atoms with Gasteiger partial charge in [0, 0.05) is 6.61 Å². The average Bonchev–Trinajstić information content (AvgIpc) is 2.66. The lowest BCUT2D eigenvalue weighted by atomic mass is 9.49. The van der Waals surface area contributed by atoms with Crippen LogP contribution in [0.15, 0.2) is 0 Å². The van der Waals surface area contributed by atoms with E-state index in [1.807, 2.05) is 13.8 Å². The first-order valence-corrected chi connectivity index (χ1v) is 11.8. The molecule has 178 valence electrons. The Labute approximate surface area is 179 Å². The zero-order valence-corrected chi connectivity index (χ0v) is 18.2. The van der Waals surface area contributed by atoms with Crippen molar-refractivity contribution in [3.05, 3.63) is 0 Å². The lowest BCUT2D eigenvalue weighted by Crippen LogP contribution is -2.56. The zero-order chi connectivity index (χ0) is 23.0. The lowest BCUT2D eigenvalue weighted by Gasteiger charge is -2.59. The molecular weight excluding hydrogens is 442 g/mol. The van der Waals surface area contributed by atoms with Gasteiger partial charge in [0.1, 0.15) is 6.10 Å². The number of carbonyl (C=O) groups excluding carboxylic acids is 2. The van der Waals surface area contributed by atoms with Gasteiger partial charge < -0.3 is 18.9 Å². The fourth-order valence-corrected chi connectivity index (χ4v) is 5.86. The van der Waals surface area contributed by atoms with Crippen LogP contribution in [0.25, 0.3) is 0 Å². The second-order valence-corrected chi connectivity index (χ2v) is 10.3. The maximum absolute atomic E-state index is 13.2. The van der Waals surface area contributed by atoms with Crippen molar-refractivity contribution in [2.75, 3.05) is 19.8 Å². The molecule has 4 rings (SSSR count). The van der Waals surface area contributed by atoms with Gasteiger partial charge in [-0.1, -0.05) is 0 Å². The topological polar surface area (TPSA) is 125 Å². The normalized spacial score (nSPS) is 33.2. The summed E-state index contributed by atoms with van der Waals surface area (Å²) in [5.74, 6) is -2.87. The van der Waals surface area contributed by atoms with Gasteiger partial charge in [-0.15, -0.1) is 0 Å². The molecule has 4 fully saturated rings. The van der Waals surface area contributed by atoms with Crippen LogP contribution in [0.2, 0.25) is 0 Å². The van der Waals surface area contributed by atoms with Crippen molar-refractivity contribution < 1.29 is 50.3 Å². The number of rotatable bonds is 10. The number of esters is 2. The van der Waals surface area contributed by atoms with Gasteiger partial charge in [-0.05, 0) is 69.1 Å². The Bertz CT molecular complexity index is 784. The molecule has 4 aliphatic carbocycles. The van der Waals surface area contributed by atoms with Crippen LogP contribution in [-0.2, 0) is 38.7 Å². The Morgan fingerprint density at radius 1 is 1.16 bits per heavy atom. The van der Waals surface area contributed by atoms with Crippen LogP contribution in [0.3, 0.4) is 0 Å². The molecule has 4 aliphatic rings. The molecule has 0 amide bonds. The highest BCUT2D eigenvalue weighted by atomic mass is 32.2. The van der Waals surface area contributed by atoms with Crippen LogP contribution >= 0.6 is 0 Å². The first-order chi connectivity index (χ1) is 14.4. The number of alkyl halides is 2. The van der Waals surface area contributed by atoms with E-state index in [0.717, 1.165) is 32.1 Å². The van der Waals surface area contributed by atoms with Crippen LogP contribution in [0.5, 0.6) is 0 Å². The molecule has 0 radical (unpaired) electrons. The quantitative estimate of drug-likeness (QED) is 0.290. The SMILES string of the molecule is CCOC(C)OCC12CC3CC(C1)C(OC(=O)COC(=O)C(F)(F)S(=O)(=O)O)C(C3)C2. The van der Waals surface area contributed by atoms with Crippen molar-refractivity contribution in [2.24, 2.45) is 23.2 Å². The summed E-state index contributed by atoms with van der Waals surface area (Å²) < 4.78 is 76.7. The van der Waals surface area contributed by atoms with Crippen LogP contribution in [0.1, 0.15) is 46.0 Å². The summed E-state index contributed by atoms with van der Waals surface area (Å²) in [7, 11) is -5.99. The first kappa shape index (κ1) is 24.3. The highest BCUT2D eigenvalue weighted by Gasteiger charge is 2.57. The van der Waals surface area contributed by atoms with Gasteiger partial charge in [-0.25, -0.2) is 9.59 Å². The van der Waals surface area contributed by atoms with Gasteiger partial charge in [-0.3, -0.25) is 4.55 Å². The second-order valence-electron chi connectivity index (χ2n) is 8.83. The van der Waals surface area contributed by atoms with Crippen molar-refractivity contribution in [3.8, 4) is 0 Å². The number of hydrogen-bond donors (Lipinski definition) is 1. The molecule has 0 aromatic carbocycles. The largest absolute Gasteiger partial charge is 0.465 e. The van der Waals surface area contributed by atoms with Crippen LogP contribution in [0, 0.1) is 23.2 Å². The van der Waals surface area contributed by atoms with Crippen molar-refractivity contribution in [1.29, 1.82) is 0 Å². The molecule has 0 aromatic heterocycles. The lowest BCUT2D eigenvalue weighted by molar-refractivity contribution is -0.209. The summed E-state index contributed by atoms with van der Waals surface area (Å²) in [5, 5.41) is -5.15. The highest BCUT2D eigenvalue weighted by molar-refractivity contribution is 7.87. The summed E-state index contributed by atoms with van der Waals surface area (Å²) in [5.41, 5.74) is -0.00518. The van der Waals surface area contributed by atoms with E-state index in [9.17, 15) is 26.8 Å². The van der Waals surface area contributed by atoms with Crippen molar-refractivity contribution >= 4 is 22.1 Å². The van der Waals surface area contributed by atoms with Gasteiger partial charge in [0.2, 0.25) is 0 Å². The first-order valence-electron chi connectivity index (χ1n) is 10.3. The monoisotopic (exact) mass is 470 g/mol. The molecule has 3 unspecified atom stereocenters. The molecule has 0 aliphatic heterocycles. The Hall–Kier alpha value is -1.37. The third kappa shape index (κ3) is 5.18. The molecule has 4 bridgehead atoms. The third-order valence-corrected chi connectivity index (χ3v) is 7.30. The molecule has 12 heteroatoms. The molecular formula is C19H28F2O9S. The summed E-state index contributed by atoms with van der Waals surface area (Å²) >= 11 is 0. The van der Waals surface area contributed by atoms with Gasteiger partial charge in [0.25, 0.3) is 0 Å². The van der Waals surface area contributed by atoms with Crippen LogP contribution < -0.4 is 0 Å². The summed E-state index contributed by atoms with van der Waals surface area (Å²) in [6.07, 6.45) is 3.70. The zero-order valence-electron chi connectivity index (χ0n) is 17.4. The summed E-state index contributed by atoms with van der Waals surface area (Å²) in [6.45, 7) is 3.69. The molecule has 31 heavy (non-hydrogen) atoms. The van der Waals surface area contributed by atoms with E-state index in [1.54, 1.807) is 0 Å². The van der Waals surface area contributed by atoms with E-state index >= 15 is 0 Å². The molecule has 0 spiro atoms. The molecule has 9 nitrogen and oxygen atoms in total. The van der Waals surface area contributed by atoms with Crippen LogP contribution in [0.4, 0.5) is 8.78 Å². The molecule has 0 aromatic rings. The molecule has 4 saturated carbocycles. The fourth-order valence-electron chi connectivity index (χ4n) is 5.59. The smallest absolute Gasteiger partial charge is 0.459 e. The minimum Gasteiger partial charge on any atom is -0.459 e. The van der Waals surface area contributed by atoms with E-state index < -0.39 is 40.0 Å². The molecule has 0 heterocycles. The minimum absolute atomic E-state index is 0.00518. The maximum atomic E-state index is 13.2. The van der Waals surface area contributed by atoms with Crippen molar-refractivity contribution in [2.45, 2.75) is 63.6 Å². The van der Waals surface area contributed by atoms with Crippen molar-refractivity contribution in [3.63, 3.8) is 0 Å². The average molecular weight is 470 g/mol. The second kappa shape index (κ2) is 8.87. The third-order valence-electron chi connectivity index (χ3n) is 6.49. The van der Waals surface area contributed by atoms with Gasteiger partial charge in [0.15, 0.2) is 12.9 Å². The molecule has 0 saturated heterocycles. The molecule has 3 atom stereocenters. The summed E-state index contributed by atoms with van der Waals surface area (Å²) in [4.78, 5) is 23.3. The Balaban J connectivity index is 1.54. The van der Waals surface area contributed by atoms with E-state index in [0.29, 0.717) is 19.1 Å². The van der Waals surface area contributed by atoms with E-state index in [1.165, 1.54) is 0 Å². The highest BCUT2D eigenvalue weighted by Crippen LogP contribution is 2.60. The number of hydrogen-bond acceptors (Lipinski definition) is 8. The Kier molecular flexibility index (Phi) is 6.95. The number of halogens is 2. The van der Waals surface area contributed by atoms with Gasteiger partial charge in [0.05, 0.1) is 6.61 Å². The number of carbonyl (C=O) groups is 2. The summed E-state index contributed by atoms with van der Waals surface area (Å²) in [6, 6.07) is 0. The Morgan fingerprint density at radius 3 is 2.32 bits per heavy atom. The van der Waals surface area contributed by atoms with Crippen molar-refractivity contribution in [1.82, 2.24) is 0 Å². The van der Waals surface area contributed by atoms with Gasteiger partial charge in [-0.2, -0.15) is 17.2 Å². The Morgan fingerprint density at radius 2 is 1.77 bits per heavy atom. The van der Waals surface area contributed by atoms with Crippen LogP contribution in [-0.4, -0.2) is 62.4 Å². The number of ether oxygens (including phenoxy) is 4. The standard InChI is InChI=1S/C19H28F2O9S/c1-3-27-11(2)29-10-18-6-12-4-13(7-18)16(14(5-12)8-18)30-15(22)9-28-17(23)19(20,21)31(24,25)26/h11-14,16H,3-10H2,1-2H3,(H,24,25,26).